The van der Waals surface area contributed by atoms with Crippen molar-refractivity contribution in [2.75, 3.05) is 0 Å². The molecule has 0 spiro atoms. The predicted octanol–water partition coefficient (Wildman–Crippen LogP) is 4.17. The topological polar surface area (TPSA) is 0 Å². The molecule has 0 aliphatic rings. The fraction of sp³-hybridized carbons (Fsp3) is 0.500. The van der Waals surface area contributed by atoms with E-state index in [0.717, 1.165) is 11.1 Å². The lowest BCUT2D eigenvalue weighted by molar-refractivity contribution is 0.624. The monoisotopic (exact) mass is 182 g/mol. The average Bonchev–Trinajstić information content (AvgIpc) is 2.01. The minimum Gasteiger partial charge on any atom is -0.207 e. The normalized spacial score (nSPS) is 9.08. The molecule has 0 aliphatic carbocycles. The molecule has 0 bridgehead atoms. The highest BCUT2D eigenvalue weighted by atomic mass is 19.1. The molecule has 1 heteroatoms. The molecule has 0 saturated heterocycles. The number of rotatable bonds is 0. The van der Waals surface area contributed by atoms with Crippen molar-refractivity contribution in [1.29, 1.82) is 0 Å². The number of halogens is 1. The Hall–Kier alpha value is -0.850. The first-order valence-corrected chi connectivity index (χ1v) is 4.76. The molecule has 0 heterocycles. The van der Waals surface area contributed by atoms with E-state index in [2.05, 4.69) is 13.8 Å². The first-order chi connectivity index (χ1) is 6.02. The number of hydrogen-bond acceptors (Lipinski definition) is 0. The zero-order valence-electron chi connectivity index (χ0n) is 9.24. The second kappa shape index (κ2) is 5.74. The molecular formula is C12H19F. The van der Waals surface area contributed by atoms with Crippen LogP contribution in [0.25, 0.3) is 0 Å². The Balaban J connectivity index is 0.000000424. The van der Waals surface area contributed by atoms with Crippen LogP contribution < -0.4 is 0 Å². The molecule has 0 fully saturated rings. The Morgan fingerprint density at radius 1 is 1.00 bits per heavy atom. The van der Waals surface area contributed by atoms with Gasteiger partial charge in [0, 0.05) is 0 Å². The summed E-state index contributed by atoms with van der Waals surface area (Å²) in [5, 5.41) is 0. The fourth-order valence-corrected chi connectivity index (χ4v) is 0.983. The Labute approximate surface area is 80.8 Å². The van der Waals surface area contributed by atoms with Gasteiger partial charge in [-0.2, -0.15) is 0 Å². The summed E-state index contributed by atoms with van der Waals surface area (Å²) >= 11 is 0. The quantitative estimate of drug-likeness (QED) is 0.565. The van der Waals surface area contributed by atoms with Crippen molar-refractivity contribution in [2.45, 2.75) is 41.0 Å². The summed E-state index contributed by atoms with van der Waals surface area (Å²) in [5.74, 6) is -0.138. The molecule has 0 amide bonds. The van der Waals surface area contributed by atoms with E-state index in [1.807, 2.05) is 20.8 Å². The first kappa shape index (κ1) is 12.2. The van der Waals surface area contributed by atoms with Crippen LogP contribution >= 0.6 is 0 Å². The molecule has 74 valence electrons. The van der Waals surface area contributed by atoms with Gasteiger partial charge in [0.2, 0.25) is 0 Å². The summed E-state index contributed by atoms with van der Waals surface area (Å²) in [7, 11) is 0. The van der Waals surface area contributed by atoms with Gasteiger partial charge >= 0.3 is 0 Å². The summed E-state index contributed by atoms with van der Waals surface area (Å²) in [6.07, 6.45) is 1.25. The van der Waals surface area contributed by atoms with Gasteiger partial charge in [-0.1, -0.05) is 20.3 Å². The molecule has 0 aliphatic heterocycles. The SMILES string of the molecule is CCC.Cc1cc(F)cc(C)c1C. The standard InChI is InChI=1S/C9H11F.C3H8/c1-6-4-9(10)5-7(2)8(6)3;1-3-2/h4-5H,1-3H3;3H2,1-2H3. The minimum atomic E-state index is -0.138. The van der Waals surface area contributed by atoms with Gasteiger partial charge in [-0.3, -0.25) is 0 Å². The molecule has 0 unspecified atom stereocenters. The van der Waals surface area contributed by atoms with Crippen LogP contribution in [-0.4, -0.2) is 0 Å². The second-order valence-corrected chi connectivity index (χ2v) is 3.37. The van der Waals surface area contributed by atoms with Crippen LogP contribution in [0.2, 0.25) is 0 Å². The lowest BCUT2D eigenvalue weighted by Crippen LogP contribution is -1.87. The van der Waals surface area contributed by atoms with E-state index >= 15 is 0 Å². The highest BCUT2D eigenvalue weighted by Gasteiger charge is 1.98. The zero-order valence-corrected chi connectivity index (χ0v) is 9.24. The van der Waals surface area contributed by atoms with Crippen LogP contribution in [0.15, 0.2) is 12.1 Å². The highest BCUT2D eigenvalue weighted by molar-refractivity contribution is 5.32. The Kier molecular flexibility index (Phi) is 5.36. The van der Waals surface area contributed by atoms with Crippen LogP contribution in [0.5, 0.6) is 0 Å². The predicted molar refractivity (Wildman–Crippen MR) is 56.6 cm³/mol. The van der Waals surface area contributed by atoms with Crippen LogP contribution in [-0.2, 0) is 0 Å². The van der Waals surface area contributed by atoms with E-state index in [1.54, 1.807) is 12.1 Å². The van der Waals surface area contributed by atoms with E-state index in [4.69, 9.17) is 0 Å². The van der Waals surface area contributed by atoms with Crippen molar-refractivity contribution in [3.05, 3.63) is 34.6 Å². The molecule has 1 aromatic rings. The molecule has 1 aromatic carbocycles. The lowest BCUT2D eigenvalue weighted by atomic mass is 10.0. The van der Waals surface area contributed by atoms with Crippen molar-refractivity contribution in [1.82, 2.24) is 0 Å². The molecule has 13 heavy (non-hydrogen) atoms. The number of benzene rings is 1. The van der Waals surface area contributed by atoms with E-state index in [9.17, 15) is 4.39 Å². The van der Waals surface area contributed by atoms with Crippen molar-refractivity contribution in [3.8, 4) is 0 Å². The molecular weight excluding hydrogens is 163 g/mol. The lowest BCUT2D eigenvalue weighted by Gasteiger charge is -2.02. The fourth-order valence-electron chi connectivity index (χ4n) is 0.983. The molecule has 0 saturated carbocycles. The second-order valence-electron chi connectivity index (χ2n) is 3.37. The van der Waals surface area contributed by atoms with Crippen LogP contribution in [0.4, 0.5) is 4.39 Å². The third-order valence-electron chi connectivity index (χ3n) is 1.89. The third-order valence-corrected chi connectivity index (χ3v) is 1.89. The average molecular weight is 182 g/mol. The molecule has 0 radical (unpaired) electrons. The molecule has 0 aromatic heterocycles. The summed E-state index contributed by atoms with van der Waals surface area (Å²) in [6, 6.07) is 3.12. The summed E-state index contributed by atoms with van der Waals surface area (Å²) in [4.78, 5) is 0. The largest absolute Gasteiger partial charge is 0.207 e. The van der Waals surface area contributed by atoms with Gasteiger partial charge in [0.15, 0.2) is 0 Å². The van der Waals surface area contributed by atoms with Gasteiger partial charge in [-0.15, -0.1) is 0 Å². The molecule has 1 rings (SSSR count). The molecule has 0 nitrogen and oxygen atoms in total. The van der Waals surface area contributed by atoms with E-state index in [1.165, 1.54) is 12.0 Å². The van der Waals surface area contributed by atoms with Gasteiger partial charge < -0.3 is 0 Å². The summed E-state index contributed by atoms with van der Waals surface area (Å²) < 4.78 is 12.6. The Morgan fingerprint density at radius 2 is 1.31 bits per heavy atom. The maximum atomic E-state index is 12.6. The summed E-state index contributed by atoms with van der Waals surface area (Å²) in [5.41, 5.74) is 3.23. The van der Waals surface area contributed by atoms with Gasteiger partial charge in [0.1, 0.15) is 5.82 Å². The maximum absolute atomic E-state index is 12.6. The smallest absolute Gasteiger partial charge is 0.123 e. The van der Waals surface area contributed by atoms with Gasteiger partial charge in [-0.05, 0) is 49.6 Å². The number of hydrogen-bond donors (Lipinski definition) is 0. The summed E-state index contributed by atoms with van der Waals surface area (Å²) in [6.45, 7) is 10.1. The van der Waals surface area contributed by atoms with Crippen molar-refractivity contribution in [3.63, 3.8) is 0 Å². The zero-order chi connectivity index (χ0) is 10.4. The van der Waals surface area contributed by atoms with Crippen molar-refractivity contribution < 1.29 is 4.39 Å². The Morgan fingerprint density at radius 3 is 1.62 bits per heavy atom. The Bertz CT molecular complexity index is 241. The van der Waals surface area contributed by atoms with Crippen molar-refractivity contribution >= 4 is 0 Å². The molecule has 0 N–H and O–H groups in total. The van der Waals surface area contributed by atoms with Crippen LogP contribution in [0.3, 0.4) is 0 Å². The minimum absolute atomic E-state index is 0.138. The van der Waals surface area contributed by atoms with Gasteiger partial charge in [-0.25, -0.2) is 4.39 Å². The van der Waals surface area contributed by atoms with E-state index in [0.29, 0.717) is 0 Å². The van der Waals surface area contributed by atoms with E-state index in [-0.39, 0.29) is 5.82 Å². The first-order valence-electron chi connectivity index (χ1n) is 4.76. The highest BCUT2D eigenvalue weighted by Crippen LogP contribution is 2.13. The van der Waals surface area contributed by atoms with E-state index < -0.39 is 0 Å². The van der Waals surface area contributed by atoms with Crippen molar-refractivity contribution in [2.24, 2.45) is 0 Å². The maximum Gasteiger partial charge on any atom is 0.123 e. The molecule has 0 atom stereocenters. The van der Waals surface area contributed by atoms with Crippen LogP contribution in [0, 0.1) is 26.6 Å². The van der Waals surface area contributed by atoms with Gasteiger partial charge in [0.25, 0.3) is 0 Å². The van der Waals surface area contributed by atoms with Crippen LogP contribution in [0.1, 0.15) is 37.0 Å². The number of aryl methyl sites for hydroxylation is 2. The van der Waals surface area contributed by atoms with Gasteiger partial charge in [0.05, 0.1) is 0 Å². The third kappa shape index (κ3) is 4.07.